The first-order valence-electron chi connectivity index (χ1n) is 6.47. The summed E-state index contributed by atoms with van der Waals surface area (Å²) in [4.78, 5) is 12.0. The smallest absolute Gasteiger partial charge is 0.255 e. The topological polar surface area (TPSA) is 49.3 Å². The van der Waals surface area contributed by atoms with Crippen LogP contribution in [-0.4, -0.2) is 22.9 Å². The molecule has 1 aromatic carbocycles. The van der Waals surface area contributed by atoms with E-state index in [0.717, 1.165) is 29.3 Å². The predicted octanol–water partition coefficient (Wildman–Crippen LogP) is 3.52. The quantitative estimate of drug-likeness (QED) is 0.610. The molecule has 0 aliphatic heterocycles. The van der Waals surface area contributed by atoms with Gasteiger partial charge in [0.05, 0.1) is 5.56 Å². The van der Waals surface area contributed by atoms with Crippen LogP contribution in [0.25, 0.3) is 0 Å². The van der Waals surface area contributed by atoms with Crippen LogP contribution in [-0.2, 0) is 0 Å². The van der Waals surface area contributed by atoms with Crippen molar-refractivity contribution in [3.8, 4) is 5.75 Å². The molecule has 5 heteroatoms. The van der Waals surface area contributed by atoms with E-state index in [1.165, 1.54) is 0 Å². The van der Waals surface area contributed by atoms with Crippen molar-refractivity contribution in [1.82, 2.24) is 5.32 Å². The molecular formula is C14H17ClINO2. The van der Waals surface area contributed by atoms with Crippen LogP contribution in [0.4, 0.5) is 0 Å². The first-order chi connectivity index (χ1) is 9.06. The molecule has 1 fully saturated rings. The number of nitrogens with one attached hydrogen (secondary N) is 1. The number of carbonyl (C=O) groups is 1. The lowest BCUT2D eigenvalue weighted by molar-refractivity contribution is 0.0941. The molecule has 0 heterocycles. The fourth-order valence-electron chi connectivity index (χ4n) is 2.35. The largest absolute Gasteiger partial charge is 0.507 e. The number of phenols is 1. The summed E-state index contributed by atoms with van der Waals surface area (Å²) in [6, 6.07) is 5.02. The van der Waals surface area contributed by atoms with Crippen LogP contribution in [0, 0.1) is 9.49 Å². The van der Waals surface area contributed by atoms with Gasteiger partial charge >= 0.3 is 0 Å². The maximum atomic E-state index is 12.0. The standard InChI is InChI=1S/C14H17ClINO2/c15-10-3-1-9(2-4-10)8-17-14(19)12-7-11(16)5-6-13(12)18/h5-7,9-10,18H,1-4,8H2,(H,17,19). The number of aromatic hydroxyl groups is 1. The van der Waals surface area contributed by atoms with Crippen molar-refractivity contribution >= 4 is 40.1 Å². The molecule has 0 aromatic heterocycles. The van der Waals surface area contributed by atoms with E-state index in [-0.39, 0.29) is 11.7 Å². The summed E-state index contributed by atoms with van der Waals surface area (Å²) in [6.07, 6.45) is 4.17. The number of phenolic OH excluding ortho intramolecular Hbond substituents is 1. The third kappa shape index (κ3) is 4.24. The number of hydrogen-bond donors (Lipinski definition) is 2. The highest BCUT2D eigenvalue weighted by atomic mass is 127. The lowest BCUT2D eigenvalue weighted by atomic mass is 9.89. The summed E-state index contributed by atoms with van der Waals surface area (Å²) >= 11 is 8.18. The van der Waals surface area contributed by atoms with Gasteiger partial charge < -0.3 is 10.4 Å². The summed E-state index contributed by atoms with van der Waals surface area (Å²) in [6.45, 7) is 0.660. The maximum absolute atomic E-state index is 12.0. The molecule has 1 aliphatic carbocycles. The van der Waals surface area contributed by atoms with E-state index >= 15 is 0 Å². The first kappa shape index (κ1) is 14.9. The highest BCUT2D eigenvalue weighted by Crippen LogP contribution is 2.27. The predicted molar refractivity (Wildman–Crippen MR) is 84.8 cm³/mol. The Morgan fingerprint density at radius 2 is 2.05 bits per heavy atom. The summed E-state index contributed by atoms with van der Waals surface area (Å²) in [5.74, 6) is 0.329. The fourth-order valence-corrected chi connectivity index (χ4v) is 3.09. The monoisotopic (exact) mass is 393 g/mol. The zero-order chi connectivity index (χ0) is 13.8. The minimum atomic E-state index is -0.205. The molecule has 1 aliphatic rings. The van der Waals surface area contributed by atoms with Gasteiger partial charge in [0.2, 0.25) is 0 Å². The van der Waals surface area contributed by atoms with Crippen LogP contribution in [0.5, 0.6) is 5.75 Å². The summed E-state index contributed by atoms with van der Waals surface area (Å²) < 4.78 is 0.934. The van der Waals surface area contributed by atoms with Crippen LogP contribution < -0.4 is 5.32 Å². The molecule has 0 atom stereocenters. The van der Waals surface area contributed by atoms with Gasteiger partial charge in [-0.15, -0.1) is 11.6 Å². The van der Waals surface area contributed by atoms with Crippen molar-refractivity contribution < 1.29 is 9.90 Å². The number of alkyl halides is 1. The van der Waals surface area contributed by atoms with Gasteiger partial charge in [-0.3, -0.25) is 4.79 Å². The van der Waals surface area contributed by atoms with Crippen LogP contribution >= 0.6 is 34.2 Å². The van der Waals surface area contributed by atoms with Gasteiger partial charge in [0, 0.05) is 15.5 Å². The Kier molecular flexibility index (Phi) is 5.33. The molecule has 19 heavy (non-hydrogen) atoms. The second kappa shape index (κ2) is 6.79. The van der Waals surface area contributed by atoms with Gasteiger partial charge in [0.1, 0.15) is 5.75 Å². The Bertz CT molecular complexity index is 459. The molecule has 1 amide bonds. The molecular weight excluding hydrogens is 377 g/mol. The Morgan fingerprint density at radius 3 is 2.74 bits per heavy atom. The SMILES string of the molecule is O=C(NCC1CCC(Cl)CC1)c1cc(I)ccc1O. The van der Waals surface area contributed by atoms with E-state index in [4.69, 9.17) is 11.6 Å². The average molecular weight is 394 g/mol. The fraction of sp³-hybridized carbons (Fsp3) is 0.500. The summed E-state index contributed by atoms with van der Waals surface area (Å²) in [5, 5.41) is 12.9. The van der Waals surface area contributed by atoms with E-state index in [9.17, 15) is 9.90 Å². The Morgan fingerprint density at radius 1 is 1.37 bits per heavy atom. The number of benzene rings is 1. The molecule has 1 saturated carbocycles. The zero-order valence-electron chi connectivity index (χ0n) is 10.5. The second-order valence-corrected chi connectivity index (χ2v) is 6.85. The van der Waals surface area contributed by atoms with Crippen molar-refractivity contribution in [1.29, 1.82) is 0 Å². The highest BCUT2D eigenvalue weighted by molar-refractivity contribution is 14.1. The van der Waals surface area contributed by atoms with E-state index < -0.39 is 0 Å². The molecule has 0 radical (unpaired) electrons. The Hall–Kier alpha value is -0.490. The Labute approximate surface area is 131 Å². The molecule has 0 spiro atoms. The van der Waals surface area contributed by atoms with Crippen molar-refractivity contribution in [3.05, 3.63) is 27.3 Å². The third-order valence-electron chi connectivity index (χ3n) is 3.53. The molecule has 0 bridgehead atoms. The zero-order valence-corrected chi connectivity index (χ0v) is 13.4. The normalized spacial score (nSPS) is 23.1. The maximum Gasteiger partial charge on any atom is 0.255 e. The van der Waals surface area contributed by atoms with Crippen molar-refractivity contribution in [2.75, 3.05) is 6.54 Å². The van der Waals surface area contributed by atoms with E-state index in [1.54, 1.807) is 18.2 Å². The molecule has 0 unspecified atom stereocenters. The number of carbonyl (C=O) groups excluding carboxylic acids is 1. The third-order valence-corrected chi connectivity index (χ3v) is 4.64. The van der Waals surface area contributed by atoms with Crippen LogP contribution in [0.3, 0.4) is 0 Å². The molecule has 1 aromatic rings. The van der Waals surface area contributed by atoms with Gasteiger partial charge in [0.15, 0.2) is 0 Å². The molecule has 0 saturated heterocycles. The number of amides is 1. The lowest BCUT2D eigenvalue weighted by Crippen LogP contribution is -2.31. The first-order valence-corrected chi connectivity index (χ1v) is 7.98. The number of rotatable bonds is 3. The van der Waals surface area contributed by atoms with Crippen molar-refractivity contribution in [3.63, 3.8) is 0 Å². The minimum Gasteiger partial charge on any atom is -0.507 e. The minimum absolute atomic E-state index is 0.0300. The van der Waals surface area contributed by atoms with Gasteiger partial charge in [-0.1, -0.05) is 0 Å². The Balaban J connectivity index is 1.89. The number of hydrogen-bond acceptors (Lipinski definition) is 2. The molecule has 104 valence electrons. The van der Waals surface area contributed by atoms with Crippen LogP contribution in [0.15, 0.2) is 18.2 Å². The van der Waals surface area contributed by atoms with E-state index in [2.05, 4.69) is 27.9 Å². The number of halogens is 2. The highest BCUT2D eigenvalue weighted by Gasteiger charge is 2.20. The van der Waals surface area contributed by atoms with Gasteiger partial charge in [-0.25, -0.2) is 0 Å². The molecule has 3 nitrogen and oxygen atoms in total. The van der Waals surface area contributed by atoms with Crippen LogP contribution in [0.2, 0.25) is 0 Å². The van der Waals surface area contributed by atoms with Crippen molar-refractivity contribution in [2.45, 2.75) is 31.1 Å². The summed E-state index contributed by atoms with van der Waals surface area (Å²) in [5.41, 5.74) is 0.345. The average Bonchev–Trinajstić information content (AvgIpc) is 2.40. The molecule has 2 rings (SSSR count). The second-order valence-electron chi connectivity index (χ2n) is 4.99. The van der Waals surface area contributed by atoms with Gasteiger partial charge in [-0.05, 0) is 72.4 Å². The molecule has 2 N–H and O–H groups in total. The summed E-state index contributed by atoms with van der Waals surface area (Å²) in [7, 11) is 0. The lowest BCUT2D eigenvalue weighted by Gasteiger charge is -2.25. The van der Waals surface area contributed by atoms with Crippen LogP contribution in [0.1, 0.15) is 36.0 Å². The van der Waals surface area contributed by atoms with E-state index in [1.807, 2.05) is 0 Å². The van der Waals surface area contributed by atoms with Crippen molar-refractivity contribution in [2.24, 2.45) is 5.92 Å². The van der Waals surface area contributed by atoms with Gasteiger partial charge in [-0.2, -0.15) is 0 Å². The van der Waals surface area contributed by atoms with Gasteiger partial charge in [0.25, 0.3) is 5.91 Å². The van der Waals surface area contributed by atoms with E-state index in [0.29, 0.717) is 23.4 Å².